The molecule has 6 heteroatoms. The van der Waals surface area contributed by atoms with Crippen LogP contribution < -0.4 is 10.5 Å². The molecule has 2 heterocycles. The first-order valence-electron chi connectivity index (χ1n) is 5.64. The van der Waals surface area contributed by atoms with E-state index in [-0.39, 0.29) is 5.69 Å². The summed E-state index contributed by atoms with van der Waals surface area (Å²) in [5.41, 5.74) is 6.88. The van der Waals surface area contributed by atoms with Gasteiger partial charge in [-0.25, -0.2) is 4.39 Å². The fraction of sp³-hybridized carbons (Fsp3) is 0.333. The minimum Gasteiger partial charge on any atom is -0.493 e. The van der Waals surface area contributed by atoms with E-state index in [1.54, 1.807) is 10.9 Å². The molecule has 0 bridgehead atoms. The van der Waals surface area contributed by atoms with E-state index >= 15 is 0 Å². The molecule has 0 spiro atoms. The quantitative estimate of drug-likeness (QED) is 0.892. The average molecular weight is 250 g/mol. The maximum atomic E-state index is 13.7. The number of hydrogen-bond acceptors (Lipinski definition) is 4. The lowest BCUT2D eigenvalue weighted by Gasteiger charge is -2.15. The van der Waals surface area contributed by atoms with Crippen molar-refractivity contribution in [2.45, 2.75) is 19.5 Å². The molecule has 0 amide bonds. The van der Waals surface area contributed by atoms with Gasteiger partial charge in [0.25, 0.3) is 0 Å². The van der Waals surface area contributed by atoms with Crippen molar-refractivity contribution in [2.24, 2.45) is 5.73 Å². The van der Waals surface area contributed by atoms with Crippen LogP contribution in [0.1, 0.15) is 24.4 Å². The third-order valence-electron chi connectivity index (χ3n) is 2.74. The van der Waals surface area contributed by atoms with Gasteiger partial charge in [0.15, 0.2) is 5.75 Å². The van der Waals surface area contributed by atoms with Crippen LogP contribution >= 0.6 is 0 Å². The number of nitrogens with zero attached hydrogens (tertiary/aromatic N) is 3. The highest BCUT2D eigenvalue weighted by molar-refractivity contribution is 5.33. The minimum absolute atomic E-state index is 0.186. The summed E-state index contributed by atoms with van der Waals surface area (Å²) in [5.74, 6) is 0.102. The first kappa shape index (κ1) is 12.5. The number of aromatic nitrogens is 3. The number of methoxy groups -OCH3 is 1. The lowest BCUT2D eigenvalue weighted by Crippen LogP contribution is -2.20. The topological polar surface area (TPSA) is 66.0 Å². The van der Waals surface area contributed by atoms with Crippen molar-refractivity contribution in [3.8, 4) is 5.75 Å². The predicted octanol–water partition coefficient (Wildman–Crippen LogP) is 1.49. The number of nitrogens with two attached hydrogens (primary N) is 1. The molecule has 2 N–H and O–H groups in total. The molecule has 0 aromatic carbocycles. The van der Waals surface area contributed by atoms with Crippen molar-refractivity contribution >= 4 is 0 Å². The van der Waals surface area contributed by atoms with Crippen molar-refractivity contribution in [1.82, 2.24) is 14.8 Å². The lowest BCUT2D eigenvalue weighted by atomic mass is 10.1. The van der Waals surface area contributed by atoms with E-state index in [4.69, 9.17) is 10.5 Å². The van der Waals surface area contributed by atoms with E-state index in [1.807, 2.05) is 6.92 Å². The minimum atomic E-state index is -0.705. The summed E-state index contributed by atoms with van der Waals surface area (Å²) in [5, 5.41) is 4.14. The number of aryl methyl sites for hydroxylation is 1. The van der Waals surface area contributed by atoms with Gasteiger partial charge in [0.2, 0.25) is 0 Å². The van der Waals surface area contributed by atoms with Crippen molar-refractivity contribution < 1.29 is 9.13 Å². The Balaban J connectivity index is 2.48. The average Bonchev–Trinajstić information content (AvgIpc) is 2.81. The second-order valence-electron chi connectivity index (χ2n) is 3.76. The van der Waals surface area contributed by atoms with Crippen molar-refractivity contribution in [3.05, 3.63) is 41.7 Å². The van der Waals surface area contributed by atoms with Crippen LogP contribution in [-0.4, -0.2) is 21.9 Å². The zero-order valence-electron chi connectivity index (χ0n) is 10.3. The van der Waals surface area contributed by atoms with Crippen LogP contribution in [0.25, 0.3) is 0 Å². The van der Waals surface area contributed by atoms with E-state index in [0.717, 1.165) is 0 Å². The summed E-state index contributed by atoms with van der Waals surface area (Å²) in [7, 11) is 1.53. The summed E-state index contributed by atoms with van der Waals surface area (Å²) in [6, 6.07) is 2.16. The van der Waals surface area contributed by atoms with Crippen molar-refractivity contribution in [1.29, 1.82) is 0 Å². The maximum Gasteiger partial charge on any atom is 0.161 e. The van der Waals surface area contributed by atoms with E-state index in [9.17, 15) is 4.39 Å². The third kappa shape index (κ3) is 2.06. The molecule has 1 atom stereocenters. The standard InChI is InChI=1S/C12H15FN4O/c1-3-17-12(9(18-2)7-16-17)10(14)11-8(13)5-4-6-15-11/h4-7,10H,3,14H2,1-2H3. The third-order valence-corrected chi connectivity index (χ3v) is 2.74. The van der Waals surface area contributed by atoms with E-state index in [2.05, 4.69) is 10.1 Å². The Labute approximate surface area is 104 Å². The molecule has 0 fully saturated rings. The highest BCUT2D eigenvalue weighted by Crippen LogP contribution is 2.28. The molecule has 0 aliphatic rings. The van der Waals surface area contributed by atoms with Gasteiger partial charge in [-0.05, 0) is 19.1 Å². The fourth-order valence-electron chi connectivity index (χ4n) is 1.86. The zero-order chi connectivity index (χ0) is 13.1. The Bertz CT molecular complexity index is 519. The molecule has 18 heavy (non-hydrogen) atoms. The summed E-state index contributed by atoms with van der Waals surface area (Å²) in [6.45, 7) is 2.55. The molecule has 0 radical (unpaired) electrons. The lowest BCUT2D eigenvalue weighted by molar-refractivity contribution is 0.403. The number of ether oxygens (including phenoxy) is 1. The Kier molecular flexibility index (Phi) is 3.57. The molecule has 2 aromatic heterocycles. The van der Waals surface area contributed by atoms with Crippen LogP contribution in [0.2, 0.25) is 0 Å². The van der Waals surface area contributed by atoms with Crippen LogP contribution in [0, 0.1) is 5.82 Å². The summed E-state index contributed by atoms with van der Waals surface area (Å²) >= 11 is 0. The number of halogens is 1. The van der Waals surface area contributed by atoms with Gasteiger partial charge in [-0.1, -0.05) is 0 Å². The molecule has 0 aliphatic carbocycles. The molecule has 2 aromatic rings. The zero-order valence-corrected chi connectivity index (χ0v) is 10.3. The van der Waals surface area contributed by atoms with E-state index < -0.39 is 11.9 Å². The van der Waals surface area contributed by atoms with Gasteiger partial charge < -0.3 is 10.5 Å². The van der Waals surface area contributed by atoms with Gasteiger partial charge in [0, 0.05) is 12.7 Å². The van der Waals surface area contributed by atoms with E-state index in [0.29, 0.717) is 18.0 Å². The number of hydrogen-bond donors (Lipinski definition) is 1. The summed E-state index contributed by atoms with van der Waals surface area (Å²) in [6.07, 6.45) is 3.08. The Morgan fingerprint density at radius 1 is 1.56 bits per heavy atom. The van der Waals surface area contributed by atoms with Crippen LogP contribution in [0.3, 0.4) is 0 Å². The number of pyridine rings is 1. The fourth-order valence-corrected chi connectivity index (χ4v) is 1.86. The molecule has 96 valence electrons. The highest BCUT2D eigenvalue weighted by atomic mass is 19.1. The summed E-state index contributed by atoms with van der Waals surface area (Å²) < 4.78 is 20.6. The van der Waals surface area contributed by atoms with Gasteiger partial charge in [-0.3, -0.25) is 9.67 Å². The van der Waals surface area contributed by atoms with Gasteiger partial charge in [0.1, 0.15) is 11.5 Å². The van der Waals surface area contributed by atoms with Crippen LogP contribution in [0.15, 0.2) is 24.5 Å². The molecule has 2 rings (SSSR count). The monoisotopic (exact) mass is 250 g/mol. The predicted molar refractivity (Wildman–Crippen MR) is 64.7 cm³/mol. The number of rotatable bonds is 4. The molecular weight excluding hydrogens is 235 g/mol. The molecule has 1 unspecified atom stereocenters. The Morgan fingerprint density at radius 3 is 2.94 bits per heavy atom. The maximum absolute atomic E-state index is 13.7. The van der Waals surface area contributed by atoms with Gasteiger partial charge in [0.05, 0.1) is 25.0 Å². The SMILES string of the molecule is CCn1ncc(OC)c1C(N)c1ncccc1F. The molecule has 0 aliphatic heterocycles. The second kappa shape index (κ2) is 5.14. The Morgan fingerprint density at radius 2 is 2.33 bits per heavy atom. The van der Waals surface area contributed by atoms with E-state index in [1.165, 1.54) is 25.4 Å². The highest BCUT2D eigenvalue weighted by Gasteiger charge is 2.23. The van der Waals surface area contributed by atoms with Crippen molar-refractivity contribution in [3.63, 3.8) is 0 Å². The van der Waals surface area contributed by atoms with Gasteiger partial charge in [-0.2, -0.15) is 5.10 Å². The molecule has 0 saturated carbocycles. The van der Waals surface area contributed by atoms with Gasteiger partial charge >= 0.3 is 0 Å². The molecule has 0 saturated heterocycles. The first-order chi connectivity index (χ1) is 8.69. The normalized spacial score (nSPS) is 12.4. The smallest absolute Gasteiger partial charge is 0.161 e. The molecular formula is C12H15FN4O. The first-order valence-corrected chi connectivity index (χ1v) is 5.64. The summed E-state index contributed by atoms with van der Waals surface area (Å²) in [4.78, 5) is 3.99. The second-order valence-corrected chi connectivity index (χ2v) is 3.76. The Hall–Kier alpha value is -1.95. The molecule has 5 nitrogen and oxygen atoms in total. The van der Waals surface area contributed by atoms with Crippen molar-refractivity contribution in [2.75, 3.05) is 7.11 Å². The van der Waals surface area contributed by atoms with Crippen LogP contribution in [-0.2, 0) is 6.54 Å². The van der Waals surface area contributed by atoms with Crippen LogP contribution in [0.4, 0.5) is 4.39 Å². The largest absolute Gasteiger partial charge is 0.493 e. The van der Waals surface area contributed by atoms with Gasteiger partial charge in [-0.15, -0.1) is 0 Å². The van der Waals surface area contributed by atoms with Crippen LogP contribution in [0.5, 0.6) is 5.75 Å².